The van der Waals surface area contributed by atoms with Crippen LogP contribution >= 0.6 is 0 Å². The van der Waals surface area contributed by atoms with Crippen LogP contribution in [-0.4, -0.2) is 72.2 Å². The smallest absolute Gasteiger partial charge is 0.341 e. The number of pyridine rings is 1. The zero-order chi connectivity index (χ0) is 23.5. The number of piperazine rings is 1. The van der Waals surface area contributed by atoms with Crippen LogP contribution in [0.4, 0.5) is 4.39 Å². The number of methoxy groups -OCH3 is 1. The number of hydrazine groups is 1. The molecule has 2 aromatic carbocycles. The average molecular weight is 452 g/mol. The number of carbonyl (C=O) groups excluding carboxylic acids is 2. The van der Waals surface area contributed by atoms with Gasteiger partial charge in [0.15, 0.2) is 5.75 Å². The Morgan fingerprint density at radius 1 is 1.09 bits per heavy atom. The topological polar surface area (TPSA) is 95.0 Å². The minimum atomic E-state index is -0.764. The largest absolute Gasteiger partial charge is 0.505 e. The highest BCUT2D eigenvalue weighted by molar-refractivity contribution is 6.11. The van der Waals surface area contributed by atoms with Gasteiger partial charge in [0.1, 0.15) is 16.9 Å². The second kappa shape index (κ2) is 9.51. The summed E-state index contributed by atoms with van der Waals surface area (Å²) in [5, 5.41) is 12.9. The number of amides is 1. The zero-order valence-electron chi connectivity index (χ0n) is 18.5. The van der Waals surface area contributed by atoms with Crippen molar-refractivity contribution in [3.63, 3.8) is 0 Å². The molecule has 0 spiro atoms. The molecule has 1 saturated heterocycles. The molecule has 0 aliphatic carbocycles. The van der Waals surface area contributed by atoms with E-state index in [1.165, 1.54) is 25.3 Å². The number of hydrogen-bond acceptors (Lipinski definition) is 7. The fraction of sp³-hybridized carbons (Fsp3) is 0.292. The molecule has 0 saturated carbocycles. The molecular weight excluding hydrogens is 427 g/mol. The molecule has 4 rings (SSSR count). The summed E-state index contributed by atoms with van der Waals surface area (Å²) in [7, 11) is 3.22. The first-order chi connectivity index (χ1) is 15.9. The van der Waals surface area contributed by atoms with E-state index in [0.29, 0.717) is 24.9 Å². The maximum absolute atomic E-state index is 13.2. The van der Waals surface area contributed by atoms with E-state index in [0.717, 1.165) is 24.2 Å². The normalized spacial score (nSPS) is 14.9. The van der Waals surface area contributed by atoms with E-state index < -0.39 is 11.9 Å². The van der Waals surface area contributed by atoms with Crippen LogP contribution in [0, 0.1) is 5.82 Å². The van der Waals surface area contributed by atoms with E-state index in [1.54, 1.807) is 24.4 Å². The molecule has 3 aromatic rings. The summed E-state index contributed by atoms with van der Waals surface area (Å²) in [4.78, 5) is 32.0. The van der Waals surface area contributed by atoms with Crippen molar-refractivity contribution in [3.05, 3.63) is 70.7 Å². The molecule has 1 aliphatic rings. The summed E-state index contributed by atoms with van der Waals surface area (Å²) < 4.78 is 18.0. The number of nitrogens with zero attached hydrogens (tertiary/aromatic N) is 3. The summed E-state index contributed by atoms with van der Waals surface area (Å²) in [6.45, 7) is 2.95. The molecule has 2 heterocycles. The Morgan fingerprint density at radius 2 is 1.79 bits per heavy atom. The minimum absolute atomic E-state index is 0.129. The van der Waals surface area contributed by atoms with Crippen molar-refractivity contribution in [1.29, 1.82) is 0 Å². The first-order valence-corrected chi connectivity index (χ1v) is 10.6. The first kappa shape index (κ1) is 22.6. The zero-order valence-corrected chi connectivity index (χ0v) is 18.5. The Labute approximate surface area is 190 Å². The van der Waals surface area contributed by atoms with Crippen LogP contribution in [0.3, 0.4) is 0 Å². The molecule has 172 valence electrons. The predicted octanol–water partition coefficient (Wildman–Crippen LogP) is 2.35. The van der Waals surface area contributed by atoms with Gasteiger partial charge in [-0.25, -0.2) is 14.2 Å². The lowest BCUT2D eigenvalue weighted by Gasteiger charge is -2.32. The van der Waals surface area contributed by atoms with E-state index in [4.69, 9.17) is 4.74 Å². The number of phenols is 1. The van der Waals surface area contributed by atoms with Crippen molar-refractivity contribution in [1.82, 2.24) is 20.3 Å². The standard InChI is InChI=1S/C24H25FN4O4/c1-28-7-9-29(10-8-28)27-23(31)19-13-20(24(32)33-2)22(30)21-18(19)12-16(14-26-21)11-15-3-5-17(25)6-4-15/h3-6,12-14,30H,7-11H2,1-2H3,(H,27,31). The predicted molar refractivity (Wildman–Crippen MR) is 120 cm³/mol. The van der Waals surface area contributed by atoms with Gasteiger partial charge in [0.05, 0.1) is 12.7 Å². The lowest BCUT2D eigenvalue weighted by atomic mass is 9.99. The lowest BCUT2D eigenvalue weighted by molar-refractivity contribution is 0.0597. The number of benzene rings is 2. The number of aromatic hydroxyl groups is 1. The Bertz CT molecular complexity index is 1190. The van der Waals surface area contributed by atoms with Crippen LogP contribution in [0.1, 0.15) is 31.8 Å². The fourth-order valence-electron chi connectivity index (χ4n) is 3.83. The molecule has 8 nitrogen and oxygen atoms in total. The Morgan fingerprint density at radius 3 is 2.45 bits per heavy atom. The highest BCUT2D eigenvalue weighted by Gasteiger charge is 2.24. The van der Waals surface area contributed by atoms with Gasteiger partial charge in [-0.1, -0.05) is 12.1 Å². The van der Waals surface area contributed by atoms with Crippen LogP contribution in [0.2, 0.25) is 0 Å². The van der Waals surface area contributed by atoms with Crippen molar-refractivity contribution < 1.29 is 23.8 Å². The molecular formula is C24H25FN4O4. The number of hydrogen-bond donors (Lipinski definition) is 2. The third-order valence-electron chi connectivity index (χ3n) is 5.74. The first-order valence-electron chi connectivity index (χ1n) is 10.6. The molecule has 0 radical (unpaired) electrons. The number of rotatable bonds is 5. The maximum Gasteiger partial charge on any atom is 0.341 e. The third-order valence-corrected chi connectivity index (χ3v) is 5.74. The molecule has 0 unspecified atom stereocenters. The van der Waals surface area contributed by atoms with Gasteiger partial charge in [-0.2, -0.15) is 0 Å². The number of fused-ring (bicyclic) bond motifs is 1. The van der Waals surface area contributed by atoms with E-state index in [-0.39, 0.29) is 28.2 Å². The monoisotopic (exact) mass is 452 g/mol. The van der Waals surface area contributed by atoms with Crippen LogP contribution in [0.15, 0.2) is 42.6 Å². The number of aromatic nitrogens is 1. The van der Waals surface area contributed by atoms with Gasteiger partial charge in [0.25, 0.3) is 5.91 Å². The SMILES string of the molecule is COC(=O)c1cc(C(=O)NN2CCN(C)CC2)c2cc(Cc3ccc(F)cc3)cnc2c1O. The van der Waals surface area contributed by atoms with Crippen molar-refractivity contribution in [3.8, 4) is 5.75 Å². The van der Waals surface area contributed by atoms with Crippen molar-refractivity contribution in [2.24, 2.45) is 0 Å². The van der Waals surface area contributed by atoms with E-state index in [2.05, 4.69) is 15.3 Å². The summed E-state index contributed by atoms with van der Waals surface area (Å²) >= 11 is 0. The second-order valence-corrected chi connectivity index (χ2v) is 8.09. The Hall–Kier alpha value is -3.56. The van der Waals surface area contributed by atoms with Gasteiger partial charge in [-0.05, 0) is 48.9 Å². The summed E-state index contributed by atoms with van der Waals surface area (Å²) in [5.41, 5.74) is 4.74. The highest BCUT2D eigenvalue weighted by atomic mass is 19.1. The van der Waals surface area contributed by atoms with Crippen molar-refractivity contribution in [2.75, 3.05) is 40.3 Å². The number of phenolic OH excluding ortho intramolecular Hbond substituents is 1. The van der Waals surface area contributed by atoms with Crippen LogP contribution in [0.25, 0.3) is 10.9 Å². The van der Waals surface area contributed by atoms with Gasteiger partial charge in [0.2, 0.25) is 0 Å². The molecule has 33 heavy (non-hydrogen) atoms. The Kier molecular flexibility index (Phi) is 6.52. The molecule has 1 aliphatic heterocycles. The fourth-order valence-corrected chi connectivity index (χ4v) is 3.83. The van der Waals surface area contributed by atoms with Gasteiger partial charge in [-0.15, -0.1) is 0 Å². The van der Waals surface area contributed by atoms with E-state index >= 15 is 0 Å². The second-order valence-electron chi connectivity index (χ2n) is 8.09. The number of esters is 1. The van der Waals surface area contributed by atoms with Gasteiger partial charge >= 0.3 is 5.97 Å². The molecule has 1 fully saturated rings. The maximum atomic E-state index is 13.2. The Balaban J connectivity index is 1.73. The third kappa shape index (κ3) is 4.94. The van der Waals surface area contributed by atoms with Crippen LogP contribution < -0.4 is 5.43 Å². The number of ether oxygens (including phenoxy) is 1. The molecule has 1 amide bonds. The number of nitrogens with one attached hydrogen (secondary N) is 1. The number of halogens is 1. The molecule has 2 N–H and O–H groups in total. The van der Waals surface area contributed by atoms with E-state index in [9.17, 15) is 19.1 Å². The number of likely N-dealkylation sites (N-methyl/N-ethyl adjacent to an activating group) is 1. The minimum Gasteiger partial charge on any atom is -0.505 e. The molecule has 1 aromatic heterocycles. The van der Waals surface area contributed by atoms with E-state index in [1.807, 2.05) is 12.1 Å². The quantitative estimate of drug-likeness (QED) is 0.574. The van der Waals surface area contributed by atoms with Crippen molar-refractivity contribution in [2.45, 2.75) is 6.42 Å². The van der Waals surface area contributed by atoms with Crippen LogP contribution in [-0.2, 0) is 11.2 Å². The number of carbonyl (C=O) groups is 2. The summed E-state index contributed by atoms with van der Waals surface area (Å²) in [6, 6.07) is 9.21. The van der Waals surface area contributed by atoms with Gasteiger partial charge in [-0.3, -0.25) is 15.2 Å². The lowest BCUT2D eigenvalue weighted by Crippen LogP contribution is -2.52. The summed E-state index contributed by atoms with van der Waals surface area (Å²) in [6.07, 6.45) is 2.02. The average Bonchev–Trinajstić information content (AvgIpc) is 2.81. The summed E-state index contributed by atoms with van der Waals surface area (Å²) in [5.74, 6) is -1.84. The highest BCUT2D eigenvalue weighted by Crippen LogP contribution is 2.32. The molecule has 0 atom stereocenters. The van der Waals surface area contributed by atoms with Gasteiger partial charge in [0, 0.05) is 37.8 Å². The van der Waals surface area contributed by atoms with Gasteiger partial charge < -0.3 is 14.7 Å². The molecule has 9 heteroatoms. The van der Waals surface area contributed by atoms with Crippen molar-refractivity contribution >= 4 is 22.8 Å². The van der Waals surface area contributed by atoms with Crippen LogP contribution in [0.5, 0.6) is 5.75 Å². The molecule has 0 bridgehead atoms.